The minimum absolute atomic E-state index is 0.379. The van der Waals surface area contributed by atoms with E-state index in [9.17, 15) is 4.79 Å². The zero-order chi connectivity index (χ0) is 13.0. The van der Waals surface area contributed by atoms with Gasteiger partial charge in [-0.1, -0.05) is 6.07 Å². The van der Waals surface area contributed by atoms with Crippen LogP contribution in [0.4, 0.5) is 11.6 Å². The molecule has 18 heavy (non-hydrogen) atoms. The van der Waals surface area contributed by atoms with Crippen LogP contribution in [-0.4, -0.2) is 23.0 Å². The Hall–Kier alpha value is -1.95. The molecule has 6 heteroatoms. The first-order valence-electron chi connectivity index (χ1n) is 5.12. The molecule has 0 unspecified atom stereocenters. The molecule has 0 aliphatic heterocycles. The smallest absolute Gasteiger partial charge is 0.337 e. The van der Waals surface area contributed by atoms with Crippen LogP contribution in [0.15, 0.2) is 41.1 Å². The Balaban J connectivity index is 2.19. The quantitative estimate of drug-likeness (QED) is 0.883. The third-order valence-corrected chi connectivity index (χ3v) is 2.57. The van der Waals surface area contributed by atoms with Gasteiger partial charge in [0.1, 0.15) is 0 Å². The van der Waals surface area contributed by atoms with E-state index in [0.29, 0.717) is 11.5 Å². The molecule has 2 rings (SSSR count). The summed E-state index contributed by atoms with van der Waals surface area (Å²) in [6.07, 6.45) is 3.28. The third-order valence-electron chi connectivity index (χ3n) is 2.16. The summed E-state index contributed by atoms with van der Waals surface area (Å²) in [4.78, 5) is 19.5. The lowest BCUT2D eigenvalue weighted by Crippen LogP contribution is -2.02. The SMILES string of the molecule is COC(=O)c1cccc(Nc2ncc(Br)cn2)c1. The van der Waals surface area contributed by atoms with Gasteiger partial charge in [0, 0.05) is 18.1 Å². The van der Waals surface area contributed by atoms with Crippen molar-refractivity contribution >= 4 is 33.5 Å². The van der Waals surface area contributed by atoms with E-state index in [1.807, 2.05) is 6.07 Å². The summed E-state index contributed by atoms with van der Waals surface area (Å²) in [5.41, 5.74) is 1.19. The molecule has 1 N–H and O–H groups in total. The number of nitrogens with one attached hydrogen (secondary N) is 1. The summed E-state index contributed by atoms with van der Waals surface area (Å²) in [7, 11) is 1.35. The molecule has 0 fully saturated rings. The lowest BCUT2D eigenvalue weighted by Gasteiger charge is -2.06. The van der Waals surface area contributed by atoms with Crippen LogP contribution in [0.5, 0.6) is 0 Å². The minimum Gasteiger partial charge on any atom is -0.465 e. The van der Waals surface area contributed by atoms with Crippen LogP contribution in [0, 0.1) is 0 Å². The molecular weight excluding hydrogens is 298 g/mol. The fourth-order valence-corrected chi connectivity index (χ4v) is 1.55. The summed E-state index contributed by atoms with van der Waals surface area (Å²) in [5.74, 6) is 0.0793. The topological polar surface area (TPSA) is 64.1 Å². The number of anilines is 2. The van der Waals surface area contributed by atoms with Crippen molar-refractivity contribution in [2.24, 2.45) is 0 Å². The predicted molar refractivity (Wildman–Crippen MR) is 70.8 cm³/mol. The normalized spacial score (nSPS) is 9.89. The van der Waals surface area contributed by atoms with E-state index in [0.717, 1.165) is 10.2 Å². The highest BCUT2D eigenvalue weighted by atomic mass is 79.9. The van der Waals surface area contributed by atoms with Crippen LogP contribution in [0.2, 0.25) is 0 Å². The molecule has 0 spiro atoms. The standard InChI is InChI=1S/C12H10BrN3O2/c1-18-11(17)8-3-2-4-10(5-8)16-12-14-6-9(13)7-15-12/h2-7H,1H3,(H,14,15,16). The van der Waals surface area contributed by atoms with Crippen molar-refractivity contribution in [1.82, 2.24) is 9.97 Å². The van der Waals surface area contributed by atoms with Crippen molar-refractivity contribution in [3.05, 3.63) is 46.7 Å². The molecule has 1 aromatic carbocycles. The molecular formula is C12H10BrN3O2. The van der Waals surface area contributed by atoms with Crippen molar-refractivity contribution in [1.29, 1.82) is 0 Å². The molecule has 0 atom stereocenters. The number of hydrogen-bond acceptors (Lipinski definition) is 5. The fraction of sp³-hybridized carbons (Fsp3) is 0.0833. The number of esters is 1. The number of methoxy groups -OCH3 is 1. The first kappa shape index (κ1) is 12.5. The zero-order valence-corrected chi connectivity index (χ0v) is 11.1. The van der Waals surface area contributed by atoms with E-state index in [4.69, 9.17) is 0 Å². The third kappa shape index (κ3) is 3.04. The van der Waals surface area contributed by atoms with Gasteiger partial charge >= 0.3 is 5.97 Å². The molecule has 0 saturated carbocycles. The van der Waals surface area contributed by atoms with Crippen LogP contribution < -0.4 is 5.32 Å². The van der Waals surface area contributed by atoms with Crippen LogP contribution in [0.3, 0.4) is 0 Å². The van der Waals surface area contributed by atoms with Gasteiger partial charge < -0.3 is 10.1 Å². The van der Waals surface area contributed by atoms with Gasteiger partial charge in [0.05, 0.1) is 17.1 Å². The van der Waals surface area contributed by atoms with E-state index >= 15 is 0 Å². The van der Waals surface area contributed by atoms with Gasteiger partial charge in [0.2, 0.25) is 5.95 Å². The van der Waals surface area contributed by atoms with Crippen LogP contribution in [0.25, 0.3) is 0 Å². The number of benzene rings is 1. The molecule has 0 radical (unpaired) electrons. The van der Waals surface area contributed by atoms with Crippen molar-refractivity contribution in [2.75, 3.05) is 12.4 Å². The lowest BCUT2D eigenvalue weighted by atomic mass is 10.2. The minimum atomic E-state index is -0.379. The summed E-state index contributed by atoms with van der Waals surface area (Å²) >= 11 is 3.26. The van der Waals surface area contributed by atoms with E-state index in [-0.39, 0.29) is 5.97 Å². The number of carbonyl (C=O) groups excluding carboxylic acids is 1. The first-order valence-corrected chi connectivity index (χ1v) is 5.91. The van der Waals surface area contributed by atoms with Gasteiger partial charge in [-0.15, -0.1) is 0 Å². The molecule has 0 saturated heterocycles. The Labute approximate surface area is 112 Å². The maximum atomic E-state index is 11.4. The Morgan fingerprint density at radius 3 is 2.72 bits per heavy atom. The summed E-state index contributed by atoms with van der Waals surface area (Å²) in [6, 6.07) is 6.93. The predicted octanol–water partition coefficient (Wildman–Crippen LogP) is 2.77. The highest BCUT2D eigenvalue weighted by Crippen LogP contribution is 2.16. The van der Waals surface area contributed by atoms with Crippen molar-refractivity contribution in [3.8, 4) is 0 Å². The van der Waals surface area contributed by atoms with E-state index in [1.165, 1.54) is 7.11 Å². The van der Waals surface area contributed by atoms with Crippen LogP contribution >= 0.6 is 15.9 Å². The Bertz CT molecular complexity index is 558. The van der Waals surface area contributed by atoms with Crippen molar-refractivity contribution < 1.29 is 9.53 Å². The molecule has 5 nitrogen and oxygen atoms in total. The molecule has 1 aromatic heterocycles. The first-order chi connectivity index (χ1) is 8.69. The number of halogens is 1. The molecule has 0 aliphatic carbocycles. The Kier molecular flexibility index (Phi) is 3.88. The summed E-state index contributed by atoms with van der Waals surface area (Å²) in [6.45, 7) is 0. The average molecular weight is 308 g/mol. The number of nitrogens with zero attached hydrogens (tertiary/aromatic N) is 2. The maximum absolute atomic E-state index is 11.4. The zero-order valence-electron chi connectivity index (χ0n) is 9.55. The van der Waals surface area contributed by atoms with Gasteiger partial charge in [-0.3, -0.25) is 0 Å². The van der Waals surface area contributed by atoms with Crippen LogP contribution in [0.1, 0.15) is 10.4 Å². The number of aromatic nitrogens is 2. The summed E-state index contributed by atoms with van der Waals surface area (Å²) in [5, 5.41) is 3.00. The summed E-state index contributed by atoms with van der Waals surface area (Å²) < 4.78 is 5.46. The second-order valence-corrected chi connectivity index (χ2v) is 4.34. The Morgan fingerprint density at radius 1 is 1.33 bits per heavy atom. The van der Waals surface area contributed by atoms with E-state index in [1.54, 1.807) is 30.6 Å². The number of carbonyl (C=O) groups is 1. The van der Waals surface area contributed by atoms with E-state index in [2.05, 4.69) is 36.0 Å². The van der Waals surface area contributed by atoms with Gasteiger partial charge in [0.15, 0.2) is 0 Å². The molecule has 1 heterocycles. The molecule has 0 aliphatic rings. The number of rotatable bonds is 3. The van der Waals surface area contributed by atoms with Crippen LogP contribution in [-0.2, 0) is 4.74 Å². The highest BCUT2D eigenvalue weighted by molar-refractivity contribution is 9.10. The number of hydrogen-bond donors (Lipinski definition) is 1. The van der Waals surface area contributed by atoms with Gasteiger partial charge in [-0.25, -0.2) is 14.8 Å². The van der Waals surface area contributed by atoms with Gasteiger partial charge in [0.25, 0.3) is 0 Å². The largest absolute Gasteiger partial charge is 0.465 e. The molecule has 2 aromatic rings. The number of ether oxygens (including phenoxy) is 1. The fourth-order valence-electron chi connectivity index (χ4n) is 1.35. The lowest BCUT2D eigenvalue weighted by molar-refractivity contribution is 0.0601. The average Bonchev–Trinajstić information content (AvgIpc) is 2.41. The second-order valence-electron chi connectivity index (χ2n) is 3.42. The maximum Gasteiger partial charge on any atom is 0.337 e. The monoisotopic (exact) mass is 307 g/mol. The molecule has 0 amide bonds. The Morgan fingerprint density at radius 2 is 2.06 bits per heavy atom. The van der Waals surface area contributed by atoms with E-state index < -0.39 is 0 Å². The second kappa shape index (κ2) is 5.59. The van der Waals surface area contributed by atoms with Crippen molar-refractivity contribution in [3.63, 3.8) is 0 Å². The van der Waals surface area contributed by atoms with Gasteiger partial charge in [-0.05, 0) is 34.1 Å². The molecule has 92 valence electrons. The highest BCUT2D eigenvalue weighted by Gasteiger charge is 2.06. The molecule has 0 bridgehead atoms. The van der Waals surface area contributed by atoms with Gasteiger partial charge in [-0.2, -0.15) is 0 Å². The van der Waals surface area contributed by atoms with Crippen molar-refractivity contribution in [2.45, 2.75) is 0 Å².